The highest BCUT2D eigenvalue weighted by molar-refractivity contribution is 5.96. The van der Waals surface area contributed by atoms with Crippen LogP contribution < -0.4 is 0 Å². The van der Waals surface area contributed by atoms with E-state index in [0.29, 0.717) is 10.9 Å². The number of hydrogen-bond acceptors (Lipinski definition) is 4. The number of nitrogens with zero attached hydrogens (tertiary/aromatic N) is 2. The monoisotopic (exact) mass is 280 g/mol. The molecule has 0 aliphatic heterocycles. The van der Waals surface area contributed by atoms with Crippen LogP contribution in [0.4, 0.5) is 10.1 Å². The maximum absolute atomic E-state index is 12.6. The Morgan fingerprint density at radius 3 is 2.80 bits per heavy atom. The number of nitro groups is 1. The summed E-state index contributed by atoms with van der Waals surface area (Å²) in [6.45, 7) is 1.23. The molecule has 0 spiro atoms. The molecule has 0 saturated carbocycles. The molecule has 1 aromatic heterocycles. The first-order chi connectivity index (χ1) is 9.58. The zero-order chi connectivity index (χ0) is 14.7. The number of carbonyl (C=O) groups excluding carboxylic acids is 1. The third kappa shape index (κ3) is 2.47. The van der Waals surface area contributed by atoms with Gasteiger partial charge < -0.3 is 9.30 Å². The van der Waals surface area contributed by atoms with Gasteiger partial charge >= 0.3 is 5.97 Å². The average molecular weight is 280 g/mol. The van der Waals surface area contributed by atoms with E-state index >= 15 is 0 Å². The fourth-order valence-electron chi connectivity index (χ4n) is 2.07. The molecule has 106 valence electrons. The van der Waals surface area contributed by atoms with E-state index in [2.05, 4.69) is 0 Å². The molecule has 0 aliphatic rings. The first-order valence-electron chi connectivity index (χ1n) is 6.09. The maximum atomic E-state index is 12.6. The third-order valence-corrected chi connectivity index (χ3v) is 2.89. The predicted molar refractivity (Wildman–Crippen MR) is 70.5 cm³/mol. The highest BCUT2D eigenvalue weighted by Crippen LogP contribution is 2.25. The Bertz CT molecular complexity index is 666. The van der Waals surface area contributed by atoms with Crippen LogP contribution >= 0.6 is 0 Å². The van der Waals surface area contributed by atoms with Crippen molar-refractivity contribution in [2.75, 3.05) is 13.3 Å². The minimum atomic E-state index is -0.646. The van der Waals surface area contributed by atoms with Gasteiger partial charge in [-0.05, 0) is 19.1 Å². The van der Waals surface area contributed by atoms with Crippen LogP contribution in [0.25, 0.3) is 10.9 Å². The highest BCUT2D eigenvalue weighted by atomic mass is 19.1. The average Bonchev–Trinajstić information content (AvgIpc) is 2.77. The van der Waals surface area contributed by atoms with Gasteiger partial charge in [0, 0.05) is 23.0 Å². The number of nitro benzene ring substituents is 1. The zero-order valence-corrected chi connectivity index (χ0v) is 10.8. The summed E-state index contributed by atoms with van der Waals surface area (Å²) in [6.07, 6.45) is 0. The summed E-state index contributed by atoms with van der Waals surface area (Å²) in [7, 11) is 0. The van der Waals surface area contributed by atoms with Crippen molar-refractivity contribution in [3.05, 3.63) is 40.1 Å². The van der Waals surface area contributed by atoms with Crippen LogP contribution in [0.3, 0.4) is 0 Å². The van der Waals surface area contributed by atoms with Crippen molar-refractivity contribution in [3.8, 4) is 0 Å². The van der Waals surface area contributed by atoms with Crippen LogP contribution in [-0.2, 0) is 11.3 Å². The molecule has 0 amide bonds. The number of benzene rings is 1. The van der Waals surface area contributed by atoms with E-state index in [9.17, 15) is 19.3 Å². The van der Waals surface area contributed by atoms with Gasteiger partial charge in [0.2, 0.25) is 0 Å². The molecule has 2 aromatic rings. The molecule has 0 fully saturated rings. The number of fused-ring (bicyclic) bond motifs is 1. The lowest BCUT2D eigenvalue weighted by Crippen LogP contribution is -2.12. The van der Waals surface area contributed by atoms with E-state index in [4.69, 9.17) is 4.74 Å². The second-order valence-electron chi connectivity index (χ2n) is 4.09. The van der Waals surface area contributed by atoms with Gasteiger partial charge in [-0.15, -0.1) is 0 Å². The Labute approximate surface area is 113 Å². The Morgan fingerprint density at radius 2 is 2.20 bits per heavy atom. The van der Waals surface area contributed by atoms with Gasteiger partial charge in [-0.1, -0.05) is 0 Å². The van der Waals surface area contributed by atoms with Crippen molar-refractivity contribution in [3.63, 3.8) is 0 Å². The summed E-state index contributed by atoms with van der Waals surface area (Å²) in [6, 6.07) is 5.67. The van der Waals surface area contributed by atoms with Gasteiger partial charge in [0.1, 0.15) is 12.4 Å². The van der Waals surface area contributed by atoms with E-state index in [-0.39, 0.29) is 24.5 Å². The molecule has 0 bridgehead atoms. The predicted octanol–water partition coefficient (Wildman–Crippen LogP) is 2.70. The van der Waals surface area contributed by atoms with E-state index in [1.807, 2.05) is 0 Å². The number of aryl methyl sites for hydroxylation is 1. The zero-order valence-electron chi connectivity index (χ0n) is 10.8. The van der Waals surface area contributed by atoms with Gasteiger partial charge in [-0.25, -0.2) is 9.18 Å². The molecule has 0 saturated heterocycles. The molecular formula is C13H13FN2O4. The fourth-order valence-corrected chi connectivity index (χ4v) is 2.07. The molecule has 0 atom stereocenters. The van der Waals surface area contributed by atoms with Crippen LogP contribution in [0.5, 0.6) is 0 Å². The Kier molecular flexibility index (Phi) is 3.97. The van der Waals surface area contributed by atoms with Crippen molar-refractivity contribution >= 4 is 22.6 Å². The molecule has 1 aromatic carbocycles. The molecule has 0 N–H and O–H groups in total. The van der Waals surface area contributed by atoms with Gasteiger partial charge in [0.05, 0.1) is 18.1 Å². The second kappa shape index (κ2) is 5.68. The van der Waals surface area contributed by atoms with Crippen molar-refractivity contribution in [2.24, 2.45) is 0 Å². The minimum absolute atomic E-state index is 0.00451. The number of halogens is 1. The molecule has 7 heteroatoms. The minimum Gasteiger partial charge on any atom is -0.461 e. The van der Waals surface area contributed by atoms with Crippen LogP contribution in [-0.4, -0.2) is 28.7 Å². The lowest BCUT2D eigenvalue weighted by molar-refractivity contribution is -0.384. The standard InChI is InChI=1S/C13H13FN2O4/c1-2-20-13(17)12-8-9-7-10(16(18)19)3-4-11(9)15(12)6-5-14/h3-4,7-8H,2,5-6H2,1H3. The van der Waals surface area contributed by atoms with E-state index in [0.717, 1.165) is 0 Å². The molecule has 0 unspecified atom stereocenters. The number of non-ortho nitro benzene ring substituents is 1. The summed E-state index contributed by atoms with van der Waals surface area (Å²) in [5.41, 5.74) is 0.682. The summed E-state index contributed by atoms with van der Waals surface area (Å²) < 4.78 is 19.0. The van der Waals surface area contributed by atoms with Gasteiger partial charge in [-0.2, -0.15) is 0 Å². The summed E-state index contributed by atoms with van der Waals surface area (Å²) in [5.74, 6) is -0.570. The van der Waals surface area contributed by atoms with E-state index in [1.54, 1.807) is 6.92 Å². The largest absolute Gasteiger partial charge is 0.461 e. The second-order valence-corrected chi connectivity index (χ2v) is 4.09. The van der Waals surface area contributed by atoms with Gasteiger partial charge in [0.15, 0.2) is 0 Å². The van der Waals surface area contributed by atoms with Crippen molar-refractivity contribution in [1.82, 2.24) is 4.57 Å². The number of rotatable bonds is 5. The molecule has 20 heavy (non-hydrogen) atoms. The molecule has 0 radical (unpaired) electrons. The normalized spacial score (nSPS) is 10.7. The van der Waals surface area contributed by atoms with Crippen molar-refractivity contribution in [1.29, 1.82) is 0 Å². The van der Waals surface area contributed by atoms with Crippen LogP contribution in [0.1, 0.15) is 17.4 Å². The molecule has 1 heterocycles. The van der Waals surface area contributed by atoms with Crippen LogP contribution in [0, 0.1) is 10.1 Å². The third-order valence-electron chi connectivity index (χ3n) is 2.89. The number of esters is 1. The Balaban J connectivity index is 2.58. The lowest BCUT2D eigenvalue weighted by Gasteiger charge is -2.07. The van der Waals surface area contributed by atoms with Gasteiger partial charge in [0.25, 0.3) is 5.69 Å². The Morgan fingerprint density at radius 1 is 1.45 bits per heavy atom. The number of aromatic nitrogens is 1. The summed E-state index contributed by atoms with van der Waals surface area (Å²) in [5, 5.41) is 11.3. The number of ether oxygens (including phenoxy) is 1. The molecular weight excluding hydrogens is 267 g/mol. The molecule has 6 nitrogen and oxygen atoms in total. The number of hydrogen-bond donors (Lipinski definition) is 0. The topological polar surface area (TPSA) is 74.4 Å². The lowest BCUT2D eigenvalue weighted by atomic mass is 10.2. The first kappa shape index (κ1) is 14.0. The van der Waals surface area contributed by atoms with Crippen molar-refractivity contribution in [2.45, 2.75) is 13.5 Å². The van der Waals surface area contributed by atoms with Crippen molar-refractivity contribution < 1.29 is 18.8 Å². The first-order valence-corrected chi connectivity index (χ1v) is 6.09. The van der Waals surface area contributed by atoms with Crippen LogP contribution in [0.2, 0.25) is 0 Å². The quantitative estimate of drug-likeness (QED) is 0.479. The highest BCUT2D eigenvalue weighted by Gasteiger charge is 2.18. The van der Waals surface area contributed by atoms with E-state index < -0.39 is 17.6 Å². The fraction of sp³-hybridized carbons (Fsp3) is 0.308. The number of carbonyl (C=O) groups is 1. The van der Waals surface area contributed by atoms with Crippen LogP contribution in [0.15, 0.2) is 24.3 Å². The van der Waals surface area contributed by atoms with Gasteiger partial charge in [-0.3, -0.25) is 10.1 Å². The molecule has 2 rings (SSSR count). The maximum Gasteiger partial charge on any atom is 0.354 e. The number of alkyl halides is 1. The molecule has 0 aliphatic carbocycles. The van der Waals surface area contributed by atoms with E-state index in [1.165, 1.54) is 28.8 Å². The SMILES string of the molecule is CCOC(=O)c1cc2cc([N+](=O)[O-])ccc2n1CCF. The summed E-state index contributed by atoms with van der Waals surface area (Å²) >= 11 is 0. The Hall–Kier alpha value is -2.44. The summed E-state index contributed by atoms with van der Waals surface area (Å²) in [4.78, 5) is 22.1. The smallest absolute Gasteiger partial charge is 0.354 e.